The summed E-state index contributed by atoms with van der Waals surface area (Å²) in [6.45, 7) is 7.09. The predicted octanol–water partition coefficient (Wildman–Crippen LogP) is 4.86. The van der Waals surface area contributed by atoms with Gasteiger partial charge in [-0.25, -0.2) is 0 Å². The molecule has 0 saturated heterocycles. The molecular formula is C17H23F3O2. The van der Waals surface area contributed by atoms with Gasteiger partial charge < -0.3 is 9.53 Å². The van der Waals surface area contributed by atoms with Gasteiger partial charge in [0, 0.05) is 5.56 Å². The van der Waals surface area contributed by atoms with Crippen molar-refractivity contribution in [2.75, 3.05) is 7.11 Å². The van der Waals surface area contributed by atoms with Crippen LogP contribution in [0, 0.1) is 5.92 Å². The van der Waals surface area contributed by atoms with Crippen molar-refractivity contribution in [2.45, 2.75) is 51.6 Å². The van der Waals surface area contributed by atoms with Crippen LogP contribution in [0.3, 0.4) is 0 Å². The highest BCUT2D eigenvalue weighted by molar-refractivity contribution is 5.73. The molecule has 1 aromatic rings. The third kappa shape index (κ3) is 3.28. The van der Waals surface area contributed by atoms with Crippen molar-refractivity contribution in [2.24, 2.45) is 5.92 Å². The van der Waals surface area contributed by atoms with Crippen LogP contribution >= 0.6 is 0 Å². The summed E-state index contributed by atoms with van der Waals surface area (Å²) in [5.41, 5.74) is -1.98. The maximum atomic E-state index is 13.8. The van der Waals surface area contributed by atoms with E-state index in [-0.39, 0.29) is 35.9 Å². The molecule has 1 rings (SSSR count). The number of hydrogen-bond donors (Lipinski definition) is 0. The van der Waals surface area contributed by atoms with E-state index < -0.39 is 11.6 Å². The van der Waals surface area contributed by atoms with Crippen molar-refractivity contribution in [1.29, 1.82) is 0 Å². The minimum atomic E-state index is -4.68. The van der Waals surface area contributed by atoms with Crippen LogP contribution in [0.5, 0.6) is 5.75 Å². The monoisotopic (exact) mass is 316 g/mol. The number of carbonyl (C=O) groups is 1. The zero-order valence-electron chi connectivity index (χ0n) is 13.6. The zero-order chi connectivity index (χ0) is 17.1. The van der Waals surface area contributed by atoms with E-state index in [9.17, 15) is 18.0 Å². The van der Waals surface area contributed by atoms with Crippen molar-refractivity contribution in [3.05, 3.63) is 29.3 Å². The fourth-order valence-corrected chi connectivity index (χ4v) is 2.79. The second-order valence-electron chi connectivity index (χ2n) is 6.27. The lowest BCUT2D eigenvalue weighted by Gasteiger charge is -2.34. The number of benzene rings is 1. The fraction of sp³-hybridized carbons (Fsp3) is 0.588. The Kier molecular flexibility index (Phi) is 5.65. The van der Waals surface area contributed by atoms with Crippen molar-refractivity contribution < 1.29 is 22.7 Å². The molecule has 2 nitrogen and oxygen atoms in total. The number of hydrogen-bond acceptors (Lipinski definition) is 2. The Bertz CT molecular complexity index is 521. The minimum Gasteiger partial charge on any atom is -0.496 e. The molecule has 1 unspecified atom stereocenters. The molecule has 0 amide bonds. The lowest BCUT2D eigenvalue weighted by molar-refractivity contribution is -0.191. The summed E-state index contributed by atoms with van der Waals surface area (Å²) in [5, 5.41) is 0. The molecule has 0 spiro atoms. The predicted molar refractivity (Wildman–Crippen MR) is 80.3 cm³/mol. The van der Waals surface area contributed by atoms with Crippen LogP contribution in [0.1, 0.15) is 51.2 Å². The molecule has 0 aliphatic carbocycles. The van der Waals surface area contributed by atoms with Crippen LogP contribution in [0.15, 0.2) is 18.2 Å². The van der Waals surface area contributed by atoms with Crippen molar-refractivity contribution in [3.63, 3.8) is 0 Å². The maximum Gasteiger partial charge on any atom is 0.405 e. The van der Waals surface area contributed by atoms with Crippen LogP contribution in [-0.2, 0) is 10.2 Å². The normalized spacial score (nSPS) is 15.0. The molecule has 0 N–H and O–H groups in total. The summed E-state index contributed by atoms with van der Waals surface area (Å²) < 4.78 is 46.6. The molecule has 0 saturated carbocycles. The quantitative estimate of drug-likeness (QED) is 0.700. The van der Waals surface area contributed by atoms with Gasteiger partial charge in [0.2, 0.25) is 0 Å². The van der Waals surface area contributed by atoms with Gasteiger partial charge in [0.25, 0.3) is 0 Å². The summed E-state index contributed by atoms with van der Waals surface area (Å²) in [6.07, 6.45) is -4.96. The van der Waals surface area contributed by atoms with Crippen LogP contribution in [0.4, 0.5) is 13.2 Å². The SMILES string of the molecule is COc1c(C(C)C)cccc1C(C=O)(CC(C)C)C(F)(F)F. The lowest BCUT2D eigenvalue weighted by atomic mass is 9.73. The van der Waals surface area contributed by atoms with E-state index in [0.29, 0.717) is 5.56 Å². The van der Waals surface area contributed by atoms with E-state index in [2.05, 4.69) is 0 Å². The second-order valence-corrected chi connectivity index (χ2v) is 6.27. The number of aldehydes is 1. The highest BCUT2D eigenvalue weighted by Crippen LogP contribution is 2.48. The minimum absolute atomic E-state index is 0.00784. The summed E-state index contributed by atoms with van der Waals surface area (Å²) in [5.74, 6) is -0.145. The van der Waals surface area contributed by atoms with Gasteiger partial charge in [-0.3, -0.25) is 0 Å². The first-order valence-electron chi connectivity index (χ1n) is 7.31. The van der Waals surface area contributed by atoms with Crippen LogP contribution in [-0.4, -0.2) is 19.6 Å². The van der Waals surface area contributed by atoms with Gasteiger partial charge in [-0.05, 0) is 23.8 Å². The number of ether oxygens (including phenoxy) is 1. The highest BCUT2D eigenvalue weighted by atomic mass is 19.4. The largest absolute Gasteiger partial charge is 0.496 e. The Labute approximate surface area is 129 Å². The fourth-order valence-electron chi connectivity index (χ4n) is 2.79. The van der Waals surface area contributed by atoms with Gasteiger partial charge in [-0.1, -0.05) is 45.9 Å². The smallest absolute Gasteiger partial charge is 0.405 e. The summed E-state index contributed by atoms with van der Waals surface area (Å²) in [7, 11) is 1.34. The van der Waals surface area contributed by atoms with Gasteiger partial charge in [0.05, 0.1) is 7.11 Å². The molecule has 1 aromatic carbocycles. The third-order valence-electron chi connectivity index (χ3n) is 3.79. The summed E-state index contributed by atoms with van der Waals surface area (Å²) >= 11 is 0. The molecule has 0 aliphatic heterocycles. The number of rotatable bonds is 6. The van der Waals surface area contributed by atoms with Crippen molar-refractivity contribution >= 4 is 6.29 Å². The van der Waals surface area contributed by atoms with Crippen LogP contribution < -0.4 is 4.74 Å². The molecule has 0 bridgehead atoms. The van der Waals surface area contributed by atoms with Crippen LogP contribution in [0.25, 0.3) is 0 Å². The highest BCUT2D eigenvalue weighted by Gasteiger charge is 2.57. The number of alkyl halides is 3. The van der Waals surface area contributed by atoms with Gasteiger partial charge >= 0.3 is 6.18 Å². The average Bonchev–Trinajstić information content (AvgIpc) is 2.42. The molecule has 0 radical (unpaired) electrons. The van der Waals surface area contributed by atoms with Gasteiger partial charge in [0.1, 0.15) is 17.5 Å². The average molecular weight is 316 g/mol. The van der Waals surface area contributed by atoms with E-state index in [1.165, 1.54) is 13.2 Å². The van der Waals surface area contributed by atoms with Gasteiger partial charge in [0.15, 0.2) is 0 Å². The molecular weight excluding hydrogens is 293 g/mol. The molecule has 0 aliphatic rings. The number of methoxy groups -OCH3 is 1. The van der Waals surface area contributed by atoms with E-state index in [1.54, 1.807) is 26.0 Å². The van der Waals surface area contributed by atoms with E-state index in [0.717, 1.165) is 0 Å². The Morgan fingerprint density at radius 1 is 1.18 bits per heavy atom. The zero-order valence-corrected chi connectivity index (χ0v) is 13.6. The topological polar surface area (TPSA) is 26.3 Å². The molecule has 5 heteroatoms. The molecule has 0 fully saturated rings. The molecule has 1 atom stereocenters. The molecule has 22 heavy (non-hydrogen) atoms. The third-order valence-corrected chi connectivity index (χ3v) is 3.79. The van der Waals surface area contributed by atoms with Gasteiger partial charge in [-0.15, -0.1) is 0 Å². The Hall–Kier alpha value is -1.52. The number of halogens is 3. The Morgan fingerprint density at radius 3 is 2.14 bits per heavy atom. The first-order valence-corrected chi connectivity index (χ1v) is 7.31. The number of para-hydroxylation sites is 1. The maximum absolute atomic E-state index is 13.8. The van der Waals surface area contributed by atoms with Crippen molar-refractivity contribution in [3.8, 4) is 5.75 Å². The Morgan fingerprint density at radius 2 is 1.77 bits per heavy atom. The molecule has 0 heterocycles. The lowest BCUT2D eigenvalue weighted by Crippen LogP contribution is -2.45. The van der Waals surface area contributed by atoms with E-state index in [1.807, 2.05) is 13.8 Å². The standard InChI is InChI=1S/C17H23F3O2/c1-11(2)9-16(10-21,17(18,19)20)14-8-6-7-13(12(3)4)15(14)22-5/h6-8,10-12H,9H2,1-5H3. The Balaban J connectivity index is 3.70. The van der Waals surface area contributed by atoms with Crippen LogP contribution in [0.2, 0.25) is 0 Å². The molecule has 0 aromatic heterocycles. The molecule has 124 valence electrons. The van der Waals surface area contributed by atoms with E-state index in [4.69, 9.17) is 4.74 Å². The number of carbonyl (C=O) groups excluding carboxylic acids is 1. The summed E-state index contributed by atoms with van der Waals surface area (Å²) in [6, 6.07) is 4.63. The second kappa shape index (κ2) is 6.71. The van der Waals surface area contributed by atoms with Gasteiger partial charge in [-0.2, -0.15) is 13.2 Å². The first-order chi connectivity index (χ1) is 10.1. The van der Waals surface area contributed by atoms with Crippen molar-refractivity contribution in [1.82, 2.24) is 0 Å². The first kappa shape index (κ1) is 18.5. The van der Waals surface area contributed by atoms with E-state index >= 15 is 0 Å². The summed E-state index contributed by atoms with van der Waals surface area (Å²) in [4.78, 5) is 11.6.